The standard InChI is InChI=1S/C20H16N4O2/c1-24-12-17(16-8-10-22-18(16)20(24)26)13-4-6-14(7-5-13)19(25)23-15-3-2-9-21-11-15/h2-12,22H,1H3,(H,23,25). The Kier molecular flexibility index (Phi) is 3.85. The minimum Gasteiger partial charge on any atom is -0.357 e. The van der Waals surface area contributed by atoms with Crippen LogP contribution in [0.5, 0.6) is 0 Å². The molecular weight excluding hydrogens is 328 g/mol. The summed E-state index contributed by atoms with van der Waals surface area (Å²) in [6, 6.07) is 12.7. The molecule has 0 unspecified atom stereocenters. The Labute approximate surface area is 149 Å². The summed E-state index contributed by atoms with van der Waals surface area (Å²) in [6.07, 6.45) is 6.81. The van der Waals surface area contributed by atoms with Crippen molar-refractivity contribution in [3.63, 3.8) is 0 Å². The quantitative estimate of drug-likeness (QED) is 0.599. The molecule has 0 spiro atoms. The first-order valence-corrected chi connectivity index (χ1v) is 8.12. The van der Waals surface area contributed by atoms with Gasteiger partial charge in [-0.15, -0.1) is 0 Å². The van der Waals surface area contributed by atoms with E-state index in [9.17, 15) is 9.59 Å². The molecule has 3 aromatic heterocycles. The second-order valence-corrected chi connectivity index (χ2v) is 6.00. The van der Waals surface area contributed by atoms with Crippen molar-refractivity contribution in [1.29, 1.82) is 0 Å². The number of aromatic amines is 1. The van der Waals surface area contributed by atoms with Gasteiger partial charge in [0.25, 0.3) is 11.5 Å². The summed E-state index contributed by atoms with van der Waals surface area (Å²) in [7, 11) is 1.72. The Hall–Kier alpha value is -3.67. The lowest BCUT2D eigenvalue weighted by Crippen LogP contribution is -2.16. The number of benzene rings is 1. The number of fused-ring (bicyclic) bond motifs is 1. The second kappa shape index (κ2) is 6.33. The number of rotatable bonds is 3. The van der Waals surface area contributed by atoms with Crippen molar-refractivity contribution in [1.82, 2.24) is 14.5 Å². The smallest absolute Gasteiger partial charge is 0.274 e. The molecule has 0 aliphatic carbocycles. The summed E-state index contributed by atoms with van der Waals surface area (Å²) in [5.74, 6) is -0.197. The van der Waals surface area contributed by atoms with Crippen LogP contribution in [0.15, 0.2) is 72.0 Å². The van der Waals surface area contributed by atoms with Gasteiger partial charge in [-0.25, -0.2) is 0 Å². The minimum absolute atomic E-state index is 0.0683. The van der Waals surface area contributed by atoms with Gasteiger partial charge >= 0.3 is 0 Å². The number of carbonyl (C=O) groups is 1. The van der Waals surface area contributed by atoms with Crippen molar-refractivity contribution >= 4 is 22.5 Å². The van der Waals surface area contributed by atoms with E-state index in [0.717, 1.165) is 16.5 Å². The third-order valence-corrected chi connectivity index (χ3v) is 4.27. The molecule has 0 radical (unpaired) electrons. The van der Waals surface area contributed by atoms with E-state index in [4.69, 9.17) is 0 Å². The molecule has 4 aromatic rings. The number of nitrogens with one attached hydrogen (secondary N) is 2. The van der Waals surface area contributed by atoms with E-state index < -0.39 is 0 Å². The second-order valence-electron chi connectivity index (χ2n) is 6.00. The summed E-state index contributed by atoms with van der Waals surface area (Å²) >= 11 is 0. The number of nitrogens with zero attached hydrogens (tertiary/aromatic N) is 2. The van der Waals surface area contributed by atoms with Gasteiger partial charge in [0.15, 0.2) is 0 Å². The predicted molar refractivity (Wildman–Crippen MR) is 101 cm³/mol. The lowest BCUT2D eigenvalue weighted by molar-refractivity contribution is 0.102. The monoisotopic (exact) mass is 344 g/mol. The molecule has 1 amide bonds. The van der Waals surface area contributed by atoms with E-state index in [1.807, 2.05) is 24.4 Å². The summed E-state index contributed by atoms with van der Waals surface area (Å²) in [6.45, 7) is 0. The lowest BCUT2D eigenvalue weighted by atomic mass is 10.0. The maximum atomic E-state index is 12.3. The molecule has 0 aliphatic heterocycles. The fourth-order valence-corrected chi connectivity index (χ4v) is 2.94. The third kappa shape index (κ3) is 2.77. The lowest BCUT2D eigenvalue weighted by Gasteiger charge is -2.08. The van der Waals surface area contributed by atoms with Gasteiger partial charge in [-0.3, -0.25) is 14.6 Å². The highest BCUT2D eigenvalue weighted by molar-refractivity contribution is 6.04. The van der Waals surface area contributed by atoms with Crippen molar-refractivity contribution in [3.8, 4) is 11.1 Å². The fourth-order valence-electron chi connectivity index (χ4n) is 2.94. The fraction of sp³-hybridized carbons (Fsp3) is 0.0500. The Bertz CT molecular complexity index is 1140. The van der Waals surface area contributed by atoms with Crippen molar-refractivity contribution in [3.05, 3.63) is 83.2 Å². The molecule has 128 valence electrons. The molecule has 0 bridgehead atoms. The molecular formula is C20H16N4O2. The Morgan fingerprint density at radius 1 is 1.15 bits per heavy atom. The molecule has 6 nitrogen and oxygen atoms in total. The molecule has 0 aliphatic rings. The van der Waals surface area contributed by atoms with Gasteiger partial charge < -0.3 is 14.9 Å². The summed E-state index contributed by atoms with van der Waals surface area (Å²) in [5, 5.41) is 3.67. The first-order valence-electron chi connectivity index (χ1n) is 8.12. The van der Waals surface area contributed by atoms with Crippen molar-refractivity contribution in [2.45, 2.75) is 0 Å². The number of H-pyrrole nitrogens is 1. The highest BCUT2D eigenvalue weighted by atomic mass is 16.1. The Balaban J connectivity index is 1.67. The normalized spacial score (nSPS) is 10.8. The van der Waals surface area contributed by atoms with Crippen LogP contribution in [-0.2, 0) is 7.05 Å². The highest BCUT2D eigenvalue weighted by Gasteiger charge is 2.11. The topological polar surface area (TPSA) is 79.8 Å². The number of pyridine rings is 2. The largest absolute Gasteiger partial charge is 0.357 e. The number of amides is 1. The molecule has 2 N–H and O–H groups in total. The van der Waals surface area contributed by atoms with Crippen LogP contribution in [-0.4, -0.2) is 20.4 Å². The maximum absolute atomic E-state index is 12.3. The molecule has 0 atom stereocenters. The van der Waals surface area contributed by atoms with E-state index >= 15 is 0 Å². The van der Waals surface area contributed by atoms with Crippen molar-refractivity contribution < 1.29 is 4.79 Å². The molecule has 4 rings (SSSR count). The van der Waals surface area contributed by atoms with Crippen LogP contribution in [0.1, 0.15) is 10.4 Å². The molecule has 6 heteroatoms. The third-order valence-electron chi connectivity index (χ3n) is 4.27. The Morgan fingerprint density at radius 2 is 1.96 bits per heavy atom. The molecule has 1 aromatic carbocycles. The predicted octanol–water partition coefficient (Wildman–Crippen LogP) is 3.18. The summed E-state index contributed by atoms with van der Waals surface area (Å²) in [4.78, 5) is 31.5. The number of aromatic nitrogens is 3. The zero-order chi connectivity index (χ0) is 18.1. The average molecular weight is 344 g/mol. The van der Waals surface area contributed by atoms with E-state index in [-0.39, 0.29) is 11.5 Å². The molecule has 26 heavy (non-hydrogen) atoms. The SMILES string of the molecule is Cn1cc(-c2ccc(C(=O)Nc3cccnc3)cc2)c2cc[nH]c2c1=O. The number of hydrogen-bond donors (Lipinski definition) is 2. The van der Waals surface area contributed by atoms with E-state index in [0.29, 0.717) is 16.8 Å². The minimum atomic E-state index is -0.197. The van der Waals surface area contributed by atoms with Gasteiger partial charge in [-0.2, -0.15) is 0 Å². The zero-order valence-corrected chi connectivity index (χ0v) is 14.1. The zero-order valence-electron chi connectivity index (χ0n) is 14.1. The number of carbonyl (C=O) groups excluding carboxylic acids is 1. The van der Waals surface area contributed by atoms with Gasteiger partial charge in [0, 0.05) is 42.2 Å². The van der Waals surface area contributed by atoms with Crippen molar-refractivity contribution in [2.75, 3.05) is 5.32 Å². The number of anilines is 1. The van der Waals surface area contributed by atoms with E-state index in [2.05, 4.69) is 15.3 Å². The Morgan fingerprint density at radius 3 is 2.69 bits per heavy atom. The van der Waals surface area contributed by atoms with Crippen LogP contribution in [0, 0.1) is 0 Å². The van der Waals surface area contributed by atoms with Gasteiger partial charge in [0.1, 0.15) is 5.52 Å². The van der Waals surface area contributed by atoms with Gasteiger partial charge in [-0.1, -0.05) is 12.1 Å². The van der Waals surface area contributed by atoms with Crippen LogP contribution in [0.4, 0.5) is 5.69 Å². The van der Waals surface area contributed by atoms with Crippen LogP contribution < -0.4 is 10.9 Å². The van der Waals surface area contributed by atoms with Crippen LogP contribution in [0.3, 0.4) is 0 Å². The van der Waals surface area contributed by atoms with E-state index in [1.165, 1.54) is 0 Å². The number of hydrogen-bond acceptors (Lipinski definition) is 3. The maximum Gasteiger partial charge on any atom is 0.274 e. The molecule has 0 saturated carbocycles. The van der Waals surface area contributed by atoms with Crippen LogP contribution in [0.2, 0.25) is 0 Å². The molecule has 0 saturated heterocycles. The van der Waals surface area contributed by atoms with Gasteiger partial charge in [-0.05, 0) is 35.9 Å². The average Bonchev–Trinajstić information content (AvgIpc) is 3.16. The van der Waals surface area contributed by atoms with Gasteiger partial charge in [0.2, 0.25) is 0 Å². The first kappa shape index (κ1) is 15.8. The molecule has 0 fully saturated rings. The molecule has 3 heterocycles. The van der Waals surface area contributed by atoms with Crippen molar-refractivity contribution in [2.24, 2.45) is 7.05 Å². The van der Waals surface area contributed by atoms with Crippen LogP contribution >= 0.6 is 0 Å². The first-order chi connectivity index (χ1) is 12.6. The summed E-state index contributed by atoms with van der Waals surface area (Å²) in [5.41, 5.74) is 3.57. The number of aryl methyl sites for hydroxylation is 1. The highest BCUT2D eigenvalue weighted by Crippen LogP contribution is 2.26. The van der Waals surface area contributed by atoms with E-state index in [1.54, 1.807) is 54.5 Å². The van der Waals surface area contributed by atoms with Gasteiger partial charge in [0.05, 0.1) is 11.9 Å². The summed E-state index contributed by atoms with van der Waals surface area (Å²) < 4.78 is 1.55. The van der Waals surface area contributed by atoms with Crippen LogP contribution in [0.25, 0.3) is 22.0 Å².